The first-order valence-electron chi connectivity index (χ1n) is 17.6. The summed E-state index contributed by atoms with van der Waals surface area (Å²) in [7, 11) is 0. The van der Waals surface area contributed by atoms with Crippen LogP contribution in [0.15, 0.2) is 138 Å². The van der Waals surface area contributed by atoms with Crippen molar-refractivity contribution in [3.8, 4) is 11.3 Å². The highest BCUT2D eigenvalue weighted by Gasteiger charge is 2.38. The van der Waals surface area contributed by atoms with Gasteiger partial charge in [-0.15, -0.1) is 13.2 Å². The van der Waals surface area contributed by atoms with Gasteiger partial charge >= 0.3 is 12.5 Å². The monoisotopic (exact) mass is 810 g/mol. The van der Waals surface area contributed by atoms with Crippen molar-refractivity contribution in [2.75, 3.05) is 15.6 Å². The number of pyridine rings is 2. The predicted octanol–water partition coefficient (Wildman–Crippen LogP) is 7.84. The molecule has 0 radical (unpaired) electrons. The molecule has 2 aliphatic heterocycles. The number of carbonyl (C=O) groups excluding carboxylic acids is 2. The van der Waals surface area contributed by atoms with Crippen LogP contribution in [-0.2, 0) is 15.7 Å². The van der Waals surface area contributed by atoms with Crippen LogP contribution in [0.1, 0.15) is 27.3 Å². The first kappa shape index (κ1) is 38.5. The van der Waals surface area contributed by atoms with E-state index in [0.29, 0.717) is 11.3 Å². The lowest BCUT2D eigenvalue weighted by atomic mass is 10.0. The van der Waals surface area contributed by atoms with E-state index >= 15 is 0 Å². The van der Waals surface area contributed by atoms with Gasteiger partial charge in [0.15, 0.2) is 23.0 Å². The number of carbonyl (C=O) groups is 2. The number of amidine groups is 1. The number of imidazole rings is 1. The average Bonchev–Trinajstić information content (AvgIpc) is 3.80. The van der Waals surface area contributed by atoms with E-state index in [1.54, 1.807) is 38.1 Å². The second-order valence-corrected chi connectivity index (χ2v) is 13.2. The van der Waals surface area contributed by atoms with E-state index in [4.69, 9.17) is 0 Å². The number of hydrogen-bond acceptors (Lipinski definition) is 10. The van der Waals surface area contributed by atoms with Gasteiger partial charge in [-0.3, -0.25) is 14.3 Å². The fraction of sp³-hybridized carbons (Fsp3) is 0.125. The van der Waals surface area contributed by atoms with Gasteiger partial charge in [0, 0.05) is 47.2 Å². The van der Waals surface area contributed by atoms with Crippen LogP contribution in [0.2, 0.25) is 0 Å². The van der Waals surface area contributed by atoms with Gasteiger partial charge in [-0.1, -0.05) is 48.6 Å². The Kier molecular flexibility index (Phi) is 9.67. The van der Waals surface area contributed by atoms with E-state index in [-0.39, 0.29) is 62.6 Å². The molecule has 13 nitrogen and oxygen atoms in total. The third-order valence-electron chi connectivity index (χ3n) is 9.05. The number of rotatable bonds is 7. The number of hydrogen-bond donors (Lipinski definition) is 2. The Morgan fingerprint density at radius 1 is 0.864 bits per heavy atom. The molecule has 8 rings (SSSR count). The number of nitrogens with one attached hydrogen (secondary N) is 2. The number of nitrogens with zero attached hydrogens (tertiary/aromatic N) is 8. The molecule has 2 amide bonds. The number of aromatic nitrogens is 5. The van der Waals surface area contributed by atoms with Crippen molar-refractivity contribution in [2.45, 2.75) is 32.5 Å². The third-order valence-corrected chi connectivity index (χ3v) is 9.05. The number of allylic oxidation sites excluding steroid dienone is 3. The molecule has 2 N–H and O–H groups in total. The van der Waals surface area contributed by atoms with Crippen molar-refractivity contribution < 1.29 is 40.7 Å². The zero-order valence-corrected chi connectivity index (χ0v) is 30.6. The number of ether oxygens (including phenoxy) is 1. The minimum atomic E-state index is -4.95. The molecule has 19 heteroatoms. The molecule has 4 aromatic heterocycles. The Bertz CT molecular complexity index is 2720. The molecule has 0 bridgehead atoms. The summed E-state index contributed by atoms with van der Waals surface area (Å²) in [5.41, 5.74) is 0.388. The molecule has 1 aliphatic carbocycles. The van der Waals surface area contributed by atoms with Crippen molar-refractivity contribution >= 4 is 40.6 Å². The highest BCUT2D eigenvalue weighted by Crippen LogP contribution is 2.37. The largest absolute Gasteiger partial charge is 0.523 e. The quantitative estimate of drug-likeness (QED) is 0.157. The molecule has 0 saturated heterocycles. The van der Waals surface area contributed by atoms with E-state index in [0.717, 1.165) is 6.07 Å². The second kappa shape index (κ2) is 14.8. The lowest BCUT2D eigenvalue weighted by molar-refractivity contribution is -0.331. The summed E-state index contributed by atoms with van der Waals surface area (Å²) in [6.07, 6.45) is 1.58. The molecule has 59 heavy (non-hydrogen) atoms. The van der Waals surface area contributed by atoms with E-state index in [1.165, 1.54) is 100 Å². The molecule has 0 saturated carbocycles. The van der Waals surface area contributed by atoms with Gasteiger partial charge in [0.2, 0.25) is 0 Å². The van der Waals surface area contributed by atoms with Gasteiger partial charge in [-0.25, -0.2) is 34.5 Å². The van der Waals surface area contributed by atoms with Crippen molar-refractivity contribution in [1.29, 1.82) is 0 Å². The molecule has 1 aromatic carbocycles. The molecule has 6 heterocycles. The topological polar surface area (TPSA) is 142 Å². The van der Waals surface area contributed by atoms with Crippen LogP contribution in [0, 0.1) is 13.8 Å². The minimum Gasteiger partial charge on any atom is -0.320 e. The van der Waals surface area contributed by atoms with Gasteiger partial charge in [-0.05, 0) is 55.8 Å². The smallest absolute Gasteiger partial charge is 0.320 e. The van der Waals surface area contributed by atoms with Gasteiger partial charge in [0.1, 0.15) is 17.5 Å². The summed E-state index contributed by atoms with van der Waals surface area (Å²) >= 11 is 0. The van der Waals surface area contributed by atoms with E-state index < -0.39 is 36.0 Å². The van der Waals surface area contributed by atoms with Crippen LogP contribution >= 0.6 is 0 Å². The van der Waals surface area contributed by atoms with Gasteiger partial charge in [0.05, 0.1) is 23.2 Å². The second-order valence-electron chi connectivity index (χ2n) is 13.2. The maximum atomic E-state index is 13.9. The summed E-state index contributed by atoms with van der Waals surface area (Å²) in [6.45, 7) is 3.30. The summed E-state index contributed by atoms with van der Waals surface area (Å²) in [4.78, 5) is 45.2. The Balaban J connectivity index is 1.13. The molecular formula is C40H28F6N10O3. The summed E-state index contributed by atoms with van der Waals surface area (Å²) in [6, 6.07) is 14.4. The number of hydrazine groups is 1. The van der Waals surface area contributed by atoms with Crippen LogP contribution in [0.5, 0.6) is 0 Å². The molecule has 1 atom stereocenters. The van der Waals surface area contributed by atoms with Crippen LogP contribution in [0.3, 0.4) is 0 Å². The number of amides is 2. The van der Waals surface area contributed by atoms with Crippen molar-refractivity contribution in [3.05, 3.63) is 155 Å². The van der Waals surface area contributed by atoms with E-state index in [1.807, 2.05) is 0 Å². The maximum absolute atomic E-state index is 13.9. The first-order valence-corrected chi connectivity index (χ1v) is 17.6. The zero-order valence-electron chi connectivity index (χ0n) is 30.6. The minimum absolute atomic E-state index is 0.00862. The zero-order chi connectivity index (χ0) is 41.6. The Morgan fingerprint density at radius 2 is 1.66 bits per heavy atom. The molecule has 5 aromatic rings. The average molecular weight is 811 g/mol. The van der Waals surface area contributed by atoms with Gasteiger partial charge in [0.25, 0.3) is 11.8 Å². The van der Waals surface area contributed by atoms with Crippen molar-refractivity contribution in [1.82, 2.24) is 29.6 Å². The van der Waals surface area contributed by atoms with Gasteiger partial charge < -0.3 is 10.6 Å². The van der Waals surface area contributed by atoms with Crippen LogP contribution < -0.4 is 15.6 Å². The number of aliphatic imine (C=N–C) groups is 1. The van der Waals surface area contributed by atoms with E-state index in [9.17, 15) is 35.9 Å². The molecule has 0 fully saturated rings. The number of anilines is 3. The van der Waals surface area contributed by atoms with Crippen molar-refractivity contribution in [2.24, 2.45) is 4.99 Å². The number of alkyl halides is 6. The fourth-order valence-electron chi connectivity index (χ4n) is 6.53. The van der Waals surface area contributed by atoms with Crippen LogP contribution in [0.25, 0.3) is 16.9 Å². The molecule has 1 unspecified atom stereocenters. The summed E-state index contributed by atoms with van der Waals surface area (Å²) in [5.74, 6) is -0.908. The van der Waals surface area contributed by atoms with Crippen molar-refractivity contribution in [3.63, 3.8) is 0 Å². The molecular weight excluding hydrogens is 782 g/mol. The number of aryl methyl sites for hydroxylation is 2. The number of benzene rings is 1. The third kappa shape index (κ3) is 7.82. The highest BCUT2D eigenvalue weighted by atomic mass is 19.4. The van der Waals surface area contributed by atoms with Gasteiger partial charge in [-0.2, -0.15) is 18.3 Å². The van der Waals surface area contributed by atoms with Crippen LogP contribution in [0.4, 0.5) is 43.7 Å². The maximum Gasteiger partial charge on any atom is 0.523 e. The standard InChI is InChI=1S/C40H28F6N10O3/c1-22-17-30(25-9-3-5-11-28(25)39(41,42)43)53-56-31(20-48-35(22)56)38(58)50-24-18-23(2)49-34(19-24)55-21-27(37(57)52-33-13-7-8-15-47-33)36-51-29(14-16-54(36)55)26-10-4-6-12-32(26)59-40(44,45)46/h3-21,32H,1-2H3,(H,47,52,57)(H,49,50,58). The number of halogens is 6. The first-order chi connectivity index (χ1) is 28.1. The van der Waals surface area contributed by atoms with Crippen LogP contribution in [-0.4, -0.2) is 59.7 Å². The summed E-state index contributed by atoms with van der Waals surface area (Å²) in [5, 5.41) is 12.8. The molecule has 0 spiro atoms. The lowest BCUT2D eigenvalue weighted by Crippen LogP contribution is -2.37. The highest BCUT2D eigenvalue weighted by molar-refractivity contribution is 6.27. The Morgan fingerprint density at radius 3 is 2.42 bits per heavy atom. The normalized spacial score (nSPS) is 17.6. The molecule has 298 valence electrons. The predicted molar refractivity (Wildman–Crippen MR) is 203 cm³/mol. The number of fused-ring (bicyclic) bond motifs is 2. The fourth-order valence-corrected chi connectivity index (χ4v) is 6.53. The Labute approximate surface area is 330 Å². The SMILES string of the molecule is Cc1cc(NC(=O)c2cnc3c(C)cc(-c4ccccc4C(F)(F)F)nn23)cc(N2C=C(C(=O)Nc3ccccn3)C3=NC(=C4C=CC=CC4OC(F)(F)F)C=CN32)n1. The van der Waals surface area contributed by atoms with E-state index in [2.05, 4.69) is 40.4 Å². The Hall–Kier alpha value is -7.41. The summed E-state index contributed by atoms with van der Waals surface area (Å²) < 4.78 is 87.2. The molecule has 3 aliphatic rings. The lowest BCUT2D eigenvalue weighted by Gasteiger charge is -2.30.